The van der Waals surface area contributed by atoms with Crippen molar-refractivity contribution in [1.82, 2.24) is 5.43 Å². The second kappa shape index (κ2) is 5.73. The molecule has 1 aromatic rings. The number of nitrogens with one attached hydrogen (secondary N) is 1. The molecular weight excluding hydrogens is 212 g/mol. The van der Waals surface area contributed by atoms with Crippen molar-refractivity contribution in [3.05, 3.63) is 34.3 Å². The number of nitrogen functional groups attached to an aromatic ring is 1. The molecule has 0 radical (unpaired) electrons. The second-order valence-corrected chi connectivity index (χ2v) is 3.73. The van der Waals surface area contributed by atoms with Gasteiger partial charge in [0.25, 0.3) is 5.91 Å². The molecule has 3 N–H and O–H groups in total. The number of carbonyl (C=O) groups excluding carboxylic acids is 1. The van der Waals surface area contributed by atoms with E-state index in [0.717, 1.165) is 24.8 Å². The highest BCUT2D eigenvalue weighted by molar-refractivity contribution is 6.34. The second-order valence-electron chi connectivity index (χ2n) is 3.36. The Morgan fingerprint density at radius 1 is 1.53 bits per heavy atom. The summed E-state index contributed by atoms with van der Waals surface area (Å²) in [4.78, 5) is 11.3. The van der Waals surface area contributed by atoms with Crippen LogP contribution in [0.4, 0.5) is 0 Å². The number of aryl methyl sites for hydroxylation is 1. The molecule has 82 valence electrons. The number of nitrogens with two attached hydrogens (primary N) is 1. The summed E-state index contributed by atoms with van der Waals surface area (Å²) in [6, 6.07) is 5.42. The van der Waals surface area contributed by atoms with Crippen LogP contribution in [0, 0.1) is 0 Å². The fourth-order valence-electron chi connectivity index (χ4n) is 1.39. The van der Waals surface area contributed by atoms with Crippen molar-refractivity contribution in [2.45, 2.75) is 26.2 Å². The van der Waals surface area contributed by atoms with Crippen LogP contribution in [0.25, 0.3) is 0 Å². The summed E-state index contributed by atoms with van der Waals surface area (Å²) in [7, 11) is 0. The monoisotopic (exact) mass is 226 g/mol. The number of carbonyl (C=O) groups is 1. The van der Waals surface area contributed by atoms with Crippen LogP contribution in [0.15, 0.2) is 18.2 Å². The van der Waals surface area contributed by atoms with E-state index in [1.807, 2.05) is 12.1 Å². The average molecular weight is 227 g/mol. The van der Waals surface area contributed by atoms with Crippen LogP contribution in [0.3, 0.4) is 0 Å². The van der Waals surface area contributed by atoms with Gasteiger partial charge >= 0.3 is 0 Å². The highest BCUT2D eigenvalue weighted by Gasteiger charge is 2.11. The van der Waals surface area contributed by atoms with Crippen LogP contribution in [0.2, 0.25) is 5.02 Å². The van der Waals surface area contributed by atoms with Crippen molar-refractivity contribution >= 4 is 17.5 Å². The predicted molar refractivity (Wildman–Crippen MR) is 61.7 cm³/mol. The topological polar surface area (TPSA) is 55.1 Å². The van der Waals surface area contributed by atoms with E-state index in [0.29, 0.717) is 10.6 Å². The normalized spacial score (nSPS) is 10.1. The lowest BCUT2D eigenvalue weighted by Crippen LogP contribution is -2.30. The summed E-state index contributed by atoms with van der Waals surface area (Å²) in [5, 5.41) is 0.508. The molecule has 1 aromatic carbocycles. The maximum atomic E-state index is 11.3. The SMILES string of the molecule is CCCCc1cccc(C(=O)NN)c1Cl. The highest BCUT2D eigenvalue weighted by atomic mass is 35.5. The summed E-state index contributed by atoms with van der Waals surface area (Å²) in [6.45, 7) is 2.12. The third-order valence-electron chi connectivity index (χ3n) is 2.25. The Bertz CT molecular complexity index is 352. The third-order valence-corrected chi connectivity index (χ3v) is 2.70. The summed E-state index contributed by atoms with van der Waals surface area (Å²) < 4.78 is 0. The third kappa shape index (κ3) is 2.94. The molecule has 0 spiro atoms. The lowest BCUT2D eigenvalue weighted by atomic mass is 10.0. The van der Waals surface area contributed by atoms with E-state index >= 15 is 0 Å². The van der Waals surface area contributed by atoms with Gasteiger partial charge in [-0.05, 0) is 24.5 Å². The standard InChI is InChI=1S/C11H15ClN2O/c1-2-3-5-8-6-4-7-9(10(8)12)11(15)14-13/h4,6-7H,2-3,5,13H2,1H3,(H,14,15). The number of amides is 1. The Kier molecular flexibility index (Phi) is 4.59. The molecule has 0 fully saturated rings. The van der Waals surface area contributed by atoms with Gasteiger partial charge in [-0.2, -0.15) is 0 Å². The first-order chi connectivity index (χ1) is 7.20. The van der Waals surface area contributed by atoms with E-state index in [2.05, 4.69) is 12.3 Å². The number of rotatable bonds is 4. The largest absolute Gasteiger partial charge is 0.290 e. The fraction of sp³-hybridized carbons (Fsp3) is 0.364. The number of hydrazine groups is 1. The van der Waals surface area contributed by atoms with Gasteiger partial charge in [-0.1, -0.05) is 37.1 Å². The van der Waals surface area contributed by atoms with Gasteiger partial charge in [-0.3, -0.25) is 10.2 Å². The van der Waals surface area contributed by atoms with Crippen LogP contribution >= 0.6 is 11.6 Å². The fourth-order valence-corrected chi connectivity index (χ4v) is 1.70. The predicted octanol–water partition coefficient (Wildman–Crippen LogP) is 2.29. The lowest BCUT2D eigenvalue weighted by molar-refractivity contribution is 0.0953. The maximum Gasteiger partial charge on any atom is 0.266 e. The summed E-state index contributed by atoms with van der Waals surface area (Å²) >= 11 is 6.10. The van der Waals surface area contributed by atoms with Crippen LogP contribution in [-0.4, -0.2) is 5.91 Å². The van der Waals surface area contributed by atoms with E-state index in [1.165, 1.54) is 0 Å². The van der Waals surface area contributed by atoms with Crippen molar-refractivity contribution < 1.29 is 4.79 Å². The van der Waals surface area contributed by atoms with E-state index in [4.69, 9.17) is 17.4 Å². The molecule has 0 saturated heterocycles. The van der Waals surface area contributed by atoms with Crippen molar-refractivity contribution in [1.29, 1.82) is 0 Å². The Morgan fingerprint density at radius 2 is 2.27 bits per heavy atom. The summed E-state index contributed by atoms with van der Waals surface area (Å²) in [5.74, 6) is 4.72. The molecule has 4 heteroatoms. The molecule has 1 amide bonds. The zero-order chi connectivity index (χ0) is 11.3. The Balaban J connectivity index is 2.95. The van der Waals surface area contributed by atoms with E-state index in [9.17, 15) is 4.79 Å². The molecule has 0 bridgehead atoms. The van der Waals surface area contributed by atoms with Gasteiger partial charge in [0.05, 0.1) is 10.6 Å². The van der Waals surface area contributed by atoms with Gasteiger partial charge in [0, 0.05) is 0 Å². The van der Waals surface area contributed by atoms with Crippen molar-refractivity contribution in [2.24, 2.45) is 5.84 Å². The molecule has 0 aliphatic rings. The van der Waals surface area contributed by atoms with Gasteiger partial charge in [0.2, 0.25) is 0 Å². The molecular formula is C11H15ClN2O. The van der Waals surface area contributed by atoms with Gasteiger partial charge in [-0.15, -0.1) is 0 Å². The van der Waals surface area contributed by atoms with Crippen molar-refractivity contribution in [3.8, 4) is 0 Å². The summed E-state index contributed by atoms with van der Waals surface area (Å²) in [6.07, 6.45) is 3.05. The zero-order valence-electron chi connectivity index (χ0n) is 8.72. The van der Waals surface area contributed by atoms with Gasteiger partial charge in [0.1, 0.15) is 0 Å². The number of hydrogen-bond acceptors (Lipinski definition) is 2. The van der Waals surface area contributed by atoms with E-state index in [-0.39, 0.29) is 5.91 Å². The molecule has 0 aliphatic heterocycles. The minimum atomic E-state index is -0.349. The van der Waals surface area contributed by atoms with Crippen LogP contribution in [-0.2, 0) is 6.42 Å². The molecule has 0 aromatic heterocycles. The smallest absolute Gasteiger partial charge is 0.266 e. The Hall–Kier alpha value is -1.06. The molecule has 15 heavy (non-hydrogen) atoms. The van der Waals surface area contributed by atoms with Crippen LogP contribution in [0.1, 0.15) is 35.7 Å². The molecule has 0 aliphatic carbocycles. The first-order valence-corrected chi connectivity index (χ1v) is 5.36. The Morgan fingerprint density at radius 3 is 2.87 bits per heavy atom. The molecule has 0 unspecified atom stereocenters. The highest BCUT2D eigenvalue weighted by Crippen LogP contribution is 2.22. The van der Waals surface area contributed by atoms with Crippen LogP contribution in [0.5, 0.6) is 0 Å². The van der Waals surface area contributed by atoms with Gasteiger partial charge in [-0.25, -0.2) is 5.84 Å². The first-order valence-electron chi connectivity index (χ1n) is 4.99. The van der Waals surface area contributed by atoms with E-state index in [1.54, 1.807) is 6.07 Å². The van der Waals surface area contributed by atoms with Crippen molar-refractivity contribution in [2.75, 3.05) is 0 Å². The minimum Gasteiger partial charge on any atom is -0.290 e. The van der Waals surface area contributed by atoms with Crippen molar-refractivity contribution in [3.63, 3.8) is 0 Å². The number of unbranched alkanes of at least 4 members (excludes halogenated alkanes) is 1. The lowest BCUT2D eigenvalue weighted by Gasteiger charge is -2.07. The summed E-state index contributed by atoms with van der Waals surface area (Å²) in [5.41, 5.74) is 3.52. The van der Waals surface area contributed by atoms with Crippen LogP contribution < -0.4 is 11.3 Å². The molecule has 0 saturated carbocycles. The molecule has 1 rings (SSSR count). The number of halogens is 1. The average Bonchev–Trinajstić information content (AvgIpc) is 2.27. The van der Waals surface area contributed by atoms with Gasteiger partial charge < -0.3 is 0 Å². The minimum absolute atomic E-state index is 0.349. The zero-order valence-corrected chi connectivity index (χ0v) is 9.47. The molecule has 3 nitrogen and oxygen atoms in total. The number of hydrogen-bond donors (Lipinski definition) is 2. The quantitative estimate of drug-likeness (QED) is 0.470. The number of benzene rings is 1. The first kappa shape index (κ1) is 12.0. The Labute approximate surface area is 94.6 Å². The maximum absolute atomic E-state index is 11.3. The van der Waals surface area contributed by atoms with E-state index < -0.39 is 0 Å². The molecule has 0 atom stereocenters. The van der Waals surface area contributed by atoms with Gasteiger partial charge in [0.15, 0.2) is 0 Å². The molecule has 0 heterocycles.